The monoisotopic (exact) mass is 506 g/mol. The van der Waals surface area contributed by atoms with Gasteiger partial charge < -0.3 is 19.2 Å². The molecule has 0 aliphatic heterocycles. The summed E-state index contributed by atoms with van der Waals surface area (Å²) < 4.78 is 30.4. The van der Waals surface area contributed by atoms with Crippen molar-refractivity contribution in [2.24, 2.45) is 0 Å². The van der Waals surface area contributed by atoms with Gasteiger partial charge in [0, 0.05) is 17.0 Å². The van der Waals surface area contributed by atoms with Gasteiger partial charge in [0.05, 0.1) is 0 Å². The molecule has 0 aromatic heterocycles. The summed E-state index contributed by atoms with van der Waals surface area (Å²) in [6, 6.07) is 19.7. The molecule has 0 aliphatic rings. The Morgan fingerprint density at radius 2 is 1.58 bits per heavy atom. The molecule has 0 bridgehead atoms. The van der Waals surface area contributed by atoms with E-state index in [-0.39, 0.29) is 32.9 Å². The van der Waals surface area contributed by atoms with Crippen LogP contribution in [0.3, 0.4) is 0 Å². The third kappa shape index (κ3) is 7.12. The molecular formula is C26H22N2O7S. The van der Waals surface area contributed by atoms with Crippen LogP contribution in [0.25, 0.3) is 15.7 Å². The quantitative estimate of drug-likeness (QED) is 0.234. The minimum absolute atomic E-state index is 0.122. The van der Waals surface area contributed by atoms with E-state index in [1.165, 1.54) is 55.5 Å². The van der Waals surface area contributed by atoms with Gasteiger partial charge in [0.1, 0.15) is 29.0 Å². The van der Waals surface area contributed by atoms with Gasteiger partial charge in [0.15, 0.2) is 4.98 Å². The first-order valence-electron chi connectivity index (χ1n) is 10.4. The van der Waals surface area contributed by atoms with Crippen LogP contribution >= 0.6 is 0 Å². The molecule has 10 heteroatoms. The predicted molar refractivity (Wildman–Crippen MR) is 132 cm³/mol. The van der Waals surface area contributed by atoms with Gasteiger partial charge >= 0.3 is 15.8 Å². The van der Waals surface area contributed by atoms with E-state index in [9.17, 15) is 18.3 Å². The van der Waals surface area contributed by atoms with Crippen LogP contribution in [0.5, 0.6) is 17.2 Å². The Hall–Kier alpha value is -4.75. The van der Waals surface area contributed by atoms with E-state index in [1.54, 1.807) is 24.3 Å². The first kappa shape index (κ1) is 27.5. The van der Waals surface area contributed by atoms with Crippen molar-refractivity contribution >= 4 is 39.2 Å². The average molecular weight is 507 g/mol. The molecule has 0 amide bonds. The second kappa shape index (κ2) is 12.6. The number of diazo groups is 1. The Bertz CT molecular complexity index is 1510. The van der Waals surface area contributed by atoms with Crippen LogP contribution in [0.4, 0.5) is 5.69 Å². The number of hydrogen-bond donors (Lipinski definition) is 1. The standard InChI is InChI=1S/C17H12N2O4S.C7H6O2.C2H4O/c1-11-4-2-5-12(10-11)23-24(21,22)16-7-3-6-14-13(16)8-9-15(19-18)17(14)20;8-5-6-1-3-7(9)4-2-6;1-2-3/h2-10H,1H3;1-5,9H;2H,1H3. The maximum absolute atomic E-state index is 12.6. The number of benzene rings is 4. The zero-order valence-corrected chi connectivity index (χ0v) is 20.2. The van der Waals surface area contributed by atoms with Crippen LogP contribution in [0.2, 0.25) is 0 Å². The smallest absolute Gasteiger partial charge is 0.378 e. The van der Waals surface area contributed by atoms with Crippen molar-refractivity contribution in [1.29, 1.82) is 5.39 Å². The van der Waals surface area contributed by atoms with Gasteiger partial charge in [0.2, 0.25) is 5.39 Å². The summed E-state index contributed by atoms with van der Waals surface area (Å²) in [6.45, 7) is 3.26. The van der Waals surface area contributed by atoms with Crippen molar-refractivity contribution in [1.82, 2.24) is 0 Å². The van der Waals surface area contributed by atoms with Gasteiger partial charge in [0.25, 0.3) is 0 Å². The largest absolute Gasteiger partial charge is 0.867 e. The first-order valence-corrected chi connectivity index (χ1v) is 11.8. The molecule has 0 radical (unpaired) electrons. The summed E-state index contributed by atoms with van der Waals surface area (Å²) in [7, 11) is -4.13. The van der Waals surface area contributed by atoms with Gasteiger partial charge in [-0.3, -0.25) is 4.79 Å². The summed E-state index contributed by atoms with van der Waals surface area (Å²) in [5.74, 6) is -0.181. The molecule has 1 N–H and O–H groups in total. The number of aromatic hydroxyl groups is 1. The fourth-order valence-electron chi connectivity index (χ4n) is 2.98. The number of aryl methyl sites for hydroxylation is 1. The maximum Gasteiger partial charge on any atom is 0.378 e. The predicted octanol–water partition coefficient (Wildman–Crippen LogP) is 4.88. The number of carbonyl (C=O) groups is 2. The Morgan fingerprint density at radius 3 is 2.17 bits per heavy atom. The zero-order valence-electron chi connectivity index (χ0n) is 19.4. The van der Waals surface area contributed by atoms with Crippen LogP contribution in [0, 0.1) is 12.3 Å². The average Bonchev–Trinajstić information content (AvgIpc) is 2.85. The molecule has 0 fully saturated rings. The van der Waals surface area contributed by atoms with E-state index >= 15 is 0 Å². The summed E-state index contributed by atoms with van der Waals surface area (Å²) in [5.41, 5.74) is 1.28. The maximum atomic E-state index is 12.6. The van der Waals surface area contributed by atoms with Gasteiger partial charge in [-0.05, 0) is 79.1 Å². The number of aldehydes is 2. The highest BCUT2D eigenvalue weighted by atomic mass is 32.2. The molecule has 4 aromatic carbocycles. The van der Waals surface area contributed by atoms with E-state index in [4.69, 9.17) is 19.5 Å². The number of carbonyl (C=O) groups excluding carboxylic acids is 2. The SMILES string of the molecule is CC=O.Cc1cccc(OS(=O)(=O)c2cccc3c([O-])c([N+]#N)ccc23)c1.O=Cc1ccc(O)cc1. The molecule has 4 rings (SSSR count). The fourth-order valence-corrected chi connectivity index (χ4v) is 4.12. The molecule has 184 valence electrons. The summed E-state index contributed by atoms with van der Waals surface area (Å²) >= 11 is 0. The Labute approximate surface area is 208 Å². The molecule has 0 heterocycles. The number of fused-ring (bicyclic) bond motifs is 1. The van der Waals surface area contributed by atoms with E-state index in [2.05, 4.69) is 4.98 Å². The molecule has 9 nitrogen and oxygen atoms in total. The molecule has 0 saturated heterocycles. The van der Waals surface area contributed by atoms with E-state index in [1.807, 2.05) is 13.0 Å². The second-order valence-electron chi connectivity index (χ2n) is 7.16. The van der Waals surface area contributed by atoms with Crippen molar-refractivity contribution in [2.75, 3.05) is 0 Å². The normalized spacial score (nSPS) is 10.0. The highest BCUT2D eigenvalue weighted by Crippen LogP contribution is 2.35. The highest BCUT2D eigenvalue weighted by molar-refractivity contribution is 7.87. The minimum Gasteiger partial charge on any atom is -0.867 e. The van der Waals surface area contributed by atoms with Gasteiger partial charge in [-0.15, -0.1) is 0 Å². The lowest BCUT2D eigenvalue weighted by Crippen LogP contribution is -2.10. The second-order valence-corrected chi connectivity index (χ2v) is 8.68. The Morgan fingerprint density at radius 1 is 0.944 bits per heavy atom. The highest BCUT2D eigenvalue weighted by Gasteiger charge is 2.21. The Balaban J connectivity index is 0.000000316. The van der Waals surface area contributed by atoms with E-state index in [0.717, 1.165) is 18.1 Å². The number of nitrogens with zero attached hydrogens (tertiary/aromatic N) is 2. The number of hydrogen-bond acceptors (Lipinski definition) is 8. The summed E-state index contributed by atoms with van der Waals surface area (Å²) in [6.07, 6.45) is 1.49. The van der Waals surface area contributed by atoms with Crippen molar-refractivity contribution in [2.45, 2.75) is 18.7 Å². The lowest BCUT2D eigenvalue weighted by Gasteiger charge is -2.12. The lowest BCUT2D eigenvalue weighted by molar-refractivity contribution is -0.264. The van der Waals surface area contributed by atoms with Crippen LogP contribution in [0.15, 0.2) is 83.8 Å². The van der Waals surface area contributed by atoms with Crippen molar-refractivity contribution in [3.63, 3.8) is 0 Å². The number of phenols is 1. The van der Waals surface area contributed by atoms with Crippen molar-refractivity contribution in [3.05, 3.63) is 95.0 Å². The van der Waals surface area contributed by atoms with Crippen LogP contribution < -0.4 is 9.29 Å². The molecular weight excluding hydrogens is 484 g/mol. The molecule has 4 aromatic rings. The van der Waals surface area contributed by atoms with E-state index < -0.39 is 15.9 Å². The van der Waals surface area contributed by atoms with Crippen molar-refractivity contribution in [3.8, 4) is 17.2 Å². The van der Waals surface area contributed by atoms with Crippen LogP contribution in [-0.4, -0.2) is 26.1 Å². The van der Waals surface area contributed by atoms with Crippen molar-refractivity contribution < 1.29 is 32.4 Å². The minimum atomic E-state index is -4.13. The van der Waals surface area contributed by atoms with Crippen LogP contribution in [0.1, 0.15) is 22.8 Å². The number of phenolic OH excluding ortho intramolecular Hbond substituents is 1. The fraction of sp³-hybridized carbons (Fsp3) is 0.0769. The third-order valence-corrected chi connectivity index (χ3v) is 5.86. The van der Waals surface area contributed by atoms with Gasteiger partial charge in [-0.25, -0.2) is 0 Å². The number of rotatable bonds is 4. The molecule has 36 heavy (non-hydrogen) atoms. The Kier molecular flexibility index (Phi) is 9.65. The molecule has 0 saturated carbocycles. The topological polar surface area (TPSA) is 149 Å². The summed E-state index contributed by atoms with van der Waals surface area (Å²) in [5, 5.41) is 30.0. The van der Waals surface area contributed by atoms with Gasteiger partial charge in [-0.2, -0.15) is 8.42 Å². The lowest BCUT2D eigenvalue weighted by atomic mass is 10.1. The van der Waals surface area contributed by atoms with E-state index in [0.29, 0.717) is 5.56 Å². The molecule has 0 unspecified atom stereocenters. The third-order valence-electron chi connectivity index (χ3n) is 4.55. The molecule has 0 atom stereocenters. The molecule has 0 spiro atoms. The van der Waals surface area contributed by atoms with Crippen LogP contribution in [-0.2, 0) is 14.9 Å². The first-order chi connectivity index (χ1) is 17.2. The summed E-state index contributed by atoms with van der Waals surface area (Å²) in [4.78, 5) is 21.6. The zero-order chi connectivity index (χ0) is 26.7. The van der Waals surface area contributed by atoms with Gasteiger partial charge in [-0.1, -0.05) is 24.3 Å². The molecule has 0 aliphatic carbocycles.